The van der Waals surface area contributed by atoms with Crippen molar-refractivity contribution in [3.8, 4) is 28.7 Å². The second-order valence-electron chi connectivity index (χ2n) is 5.81. The fourth-order valence-electron chi connectivity index (χ4n) is 2.60. The van der Waals surface area contributed by atoms with Gasteiger partial charge in [-0.2, -0.15) is 5.26 Å². The number of hydrogen-bond acceptors (Lipinski definition) is 7. The first-order valence-electron chi connectivity index (χ1n) is 8.30. The molecule has 0 fully saturated rings. The Morgan fingerprint density at radius 1 is 1.14 bits per heavy atom. The zero-order chi connectivity index (χ0) is 19.5. The van der Waals surface area contributed by atoms with Crippen LogP contribution in [0.2, 0.25) is 0 Å². The average Bonchev–Trinajstić information content (AvgIpc) is 3.35. The van der Waals surface area contributed by atoms with Crippen LogP contribution < -0.4 is 5.32 Å². The normalized spacial score (nSPS) is 10.4. The number of nitrogens with one attached hydrogen (secondary N) is 1. The number of aromatic nitrogens is 3. The molecule has 0 unspecified atom stereocenters. The molecule has 3 aromatic heterocycles. The molecule has 7 nitrogen and oxygen atoms in total. The fraction of sp³-hybridized carbons (Fsp3) is 0.0500. The molecule has 1 amide bonds. The molecule has 0 aliphatic carbocycles. The number of carbonyl (C=O) groups is 1. The van der Waals surface area contributed by atoms with Gasteiger partial charge in [0.1, 0.15) is 11.4 Å². The van der Waals surface area contributed by atoms with Crippen LogP contribution in [0, 0.1) is 18.3 Å². The molecule has 0 aliphatic rings. The topological polar surface area (TPSA) is 105 Å². The van der Waals surface area contributed by atoms with E-state index in [9.17, 15) is 4.79 Å². The first-order valence-corrected chi connectivity index (χ1v) is 9.18. The van der Waals surface area contributed by atoms with Crippen molar-refractivity contribution in [2.45, 2.75) is 6.92 Å². The lowest BCUT2D eigenvalue weighted by Crippen LogP contribution is -2.12. The van der Waals surface area contributed by atoms with E-state index in [1.165, 1.54) is 11.3 Å². The second-order valence-corrected chi connectivity index (χ2v) is 6.66. The van der Waals surface area contributed by atoms with Crippen LogP contribution in [0.3, 0.4) is 0 Å². The average molecular weight is 387 g/mol. The Hall–Kier alpha value is -3.83. The number of anilines is 1. The molecule has 1 aromatic carbocycles. The molecule has 0 aliphatic heterocycles. The van der Waals surface area contributed by atoms with Crippen LogP contribution in [0.5, 0.6) is 0 Å². The van der Waals surface area contributed by atoms with Crippen LogP contribution >= 0.6 is 11.3 Å². The number of aryl methyl sites for hydroxylation is 1. The number of carbonyl (C=O) groups excluding carboxylic acids is 1. The predicted octanol–water partition coefficient (Wildman–Crippen LogP) is 4.29. The lowest BCUT2D eigenvalue weighted by molar-refractivity contribution is 0.0996. The standard InChI is InChI=1S/C20H13N5O2S/c1-12-23-17(14-7-5-13(10-21)6-8-14)18(27-12)19(26)25-20-24-16(11-28-20)15-4-2-3-9-22-15/h2-9,11H,1H3,(H,24,25,26). The summed E-state index contributed by atoms with van der Waals surface area (Å²) in [6.07, 6.45) is 1.69. The number of rotatable bonds is 4. The van der Waals surface area contributed by atoms with Crippen molar-refractivity contribution >= 4 is 22.4 Å². The highest BCUT2D eigenvalue weighted by Crippen LogP contribution is 2.27. The Bertz CT molecular complexity index is 1170. The zero-order valence-corrected chi connectivity index (χ0v) is 15.5. The van der Waals surface area contributed by atoms with Crippen molar-refractivity contribution in [3.05, 3.63) is 71.3 Å². The van der Waals surface area contributed by atoms with Gasteiger partial charge in [0.15, 0.2) is 11.0 Å². The van der Waals surface area contributed by atoms with Crippen molar-refractivity contribution < 1.29 is 9.21 Å². The maximum absolute atomic E-state index is 12.7. The molecule has 0 spiro atoms. The lowest BCUT2D eigenvalue weighted by atomic mass is 10.1. The minimum absolute atomic E-state index is 0.0943. The maximum Gasteiger partial charge on any atom is 0.295 e. The zero-order valence-electron chi connectivity index (χ0n) is 14.7. The molecule has 0 atom stereocenters. The molecule has 28 heavy (non-hydrogen) atoms. The summed E-state index contributed by atoms with van der Waals surface area (Å²) in [5.41, 5.74) is 3.05. The van der Waals surface area contributed by atoms with E-state index in [4.69, 9.17) is 9.68 Å². The molecule has 1 N–H and O–H groups in total. The van der Waals surface area contributed by atoms with Crippen molar-refractivity contribution in [3.63, 3.8) is 0 Å². The maximum atomic E-state index is 12.7. The van der Waals surface area contributed by atoms with E-state index < -0.39 is 5.91 Å². The van der Waals surface area contributed by atoms with Crippen LogP contribution in [-0.4, -0.2) is 20.9 Å². The Balaban J connectivity index is 1.59. The van der Waals surface area contributed by atoms with E-state index in [2.05, 4.69) is 26.3 Å². The molecule has 4 aromatic rings. The van der Waals surface area contributed by atoms with E-state index in [0.717, 1.165) is 5.69 Å². The van der Waals surface area contributed by atoms with Gasteiger partial charge in [-0.15, -0.1) is 11.3 Å². The number of hydrogen-bond donors (Lipinski definition) is 1. The monoisotopic (exact) mass is 387 g/mol. The minimum Gasteiger partial charge on any atom is -0.435 e. The van der Waals surface area contributed by atoms with Gasteiger partial charge in [-0.05, 0) is 24.3 Å². The highest BCUT2D eigenvalue weighted by molar-refractivity contribution is 7.14. The van der Waals surface area contributed by atoms with E-state index in [-0.39, 0.29) is 5.76 Å². The molecular formula is C20H13N5O2S. The molecule has 0 saturated carbocycles. The molecule has 0 bridgehead atoms. The summed E-state index contributed by atoms with van der Waals surface area (Å²) < 4.78 is 5.53. The Labute approximate surface area is 164 Å². The molecular weight excluding hydrogens is 374 g/mol. The summed E-state index contributed by atoms with van der Waals surface area (Å²) in [5.74, 6) is 0.0245. The highest BCUT2D eigenvalue weighted by atomic mass is 32.1. The molecule has 3 heterocycles. The molecule has 8 heteroatoms. The van der Waals surface area contributed by atoms with Gasteiger partial charge in [-0.1, -0.05) is 18.2 Å². The van der Waals surface area contributed by atoms with Crippen molar-refractivity contribution in [2.24, 2.45) is 0 Å². The highest BCUT2D eigenvalue weighted by Gasteiger charge is 2.21. The van der Waals surface area contributed by atoms with Crippen LogP contribution in [0.15, 0.2) is 58.5 Å². The van der Waals surface area contributed by atoms with Gasteiger partial charge >= 0.3 is 0 Å². The predicted molar refractivity (Wildman–Crippen MR) is 105 cm³/mol. The van der Waals surface area contributed by atoms with E-state index >= 15 is 0 Å². The minimum atomic E-state index is -0.443. The number of benzene rings is 1. The summed E-state index contributed by atoms with van der Waals surface area (Å²) in [5, 5.41) is 13.9. The van der Waals surface area contributed by atoms with Crippen LogP contribution in [0.1, 0.15) is 22.0 Å². The van der Waals surface area contributed by atoms with Gasteiger partial charge < -0.3 is 4.42 Å². The number of nitrogens with zero attached hydrogens (tertiary/aromatic N) is 4. The number of pyridine rings is 1. The summed E-state index contributed by atoms with van der Waals surface area (Å²) >= 11 is 1.30. The van der Waals surface area contributed by atoms with Crippen molar-refractivity contribution in [1.82, 2.24) is 15.0 Å². The van der Waals surface area contributed by atoms with Gasteiger partial charge in [-0.25, -0.2) is 9.97 Å². The van der Waals surface area contributed by atoms with E-state index in [1.54, 1.807) is 37.4 Å². The third-order valence-corrected chi connectivity index (χ3v) is 4.64. The Morgan fingerprint density at radius 3 is 2.68 bits per heavy atom. The first kappa shape index (κ1) is 17.6. The Kier molecular flexibility index (Phi) is 4.66. The van der Waals surface area contributed by atoms with E-state index in [1.807, 2.05) is 23.6 Å². The van der Waals surface area contributed by atoms with Crippen molar-refractivity contribution in [2.75, 3.05) is 5.32 Å². The van der Waals surface area contributed by atoms with Crippen LogP contribution in [-0.2, 0) is 0 Å². The van der Waals surface area contributed by atoms with Gasteiger partial charge in [0.2, 0.25) is 5.76 Å². The van der Waals surface area contributed by atoms with Crippen LogP contribution in [0.4, 0.5) is 5.13 Å². The molecule has 0 saturated heterocycles. The SMILES string of the molecule is Cc1nc(-c2ccc(C#N)cc2)c(C(=O)Nc2nc(-c3ccccn3)cs2)o1. The summed E-state index contributed by atoms with van der Waals surface area (Å²) in [4.78, 5) is 25.7. The summed E-state index contributed by atoms with van der Waals surface area (Å²) in [6.45, 7) is 1.67. The number of amides is 1. The first-order chi connectivity index (χ1) is 13.6. The third-order valence-electron chi connectivity index (χ3n) is 3.88. The third kappa shape index (κ3) is 3.51. The van der Waals surface area contributed by atoms with Crippen LogP contribution in [0.25, 0.3) is 22.6 Å². The summed E-state index contributed by atoms with van der Waals surface area (Å²) in [7, 11) is 0. The fourth-order valence-corrected chi connectivity index (χ4v) is 3.30. The smallest absolute Gasteiger partial charge is 0.295 e. The largest absolute Gasteiger partial charge is 0.435 e. The summed E-state index contributed by atoms with van der Waals surface area (Å²) in [6, 6.07) is 14.4. The van der Waals surface area contributed by atoms with Crippen molar-refractivity contribution in [1.29, 1.82) is 5.26 Å². The second kappa shape index (κ2) is 7.42. The van der Waals surface area contributed by atoms with Gasteiger partial charge in [0.25, 0.3) is 5.91 Å². The van der Waals surface area contributed by atoms with Gasteiger partial charge in [0, 0.05) is 24.1 Å². The number of thiazole rings is 1. The lowest BCUT2D eigenvalue weighted by Gasteiger charge is -2.02. The molecule has 4 rings (SSSR count). The molecule has 136 valence electrons. The Morgan fingerprint density at radius 2 is 1.96 bits per heavy atom. The number of nitriles is 1. The quantitative estimate of drug-likeness (QED) is 0.560. The number of oxazole rings is 1. The van der Waals surface area contributed by atoms with E-state index in [0.29, 0.717) is 33.5 Å². The van der Waals surface area contributed by atoms with Gasteiger partial charge in [-0.3, -0.25) is 15.1 Å². The van der Waals surface area contributed by atoms with Gasteiger partial charge in [0.05, 0.1) is 17.3 Å². The molecule has 0 radical (unpaired) electrons.